The van der Waals surface area contributed by atoms with E-state index < -0.39 is 0 Å². The zero-order valence-electron chi connectivity index (χ0n) is 36.2. The van der Waals surface area contributed by atoms with Crippen molar-refractivity contribution in [2.75, 3.05) is 4.90 Å². The van der Waals surface area contributed by atoms with Crippen LogP contribution in [0.3, 0.4) is 0 Å². The second-order valence-electron chi connectivity index (χ2n) is 16.9. The number of para-hydroxylation sites is 1. The molecular formula is C64H43NO. The molecule has 0 saturated carbocycles. The molecule has 0 bridgehead atoms. The van der Waals surface area contributed by atoms with Crippen molar-refractivity contribution >= 4 is 49.6 Å². The van der Waals surface area contributed by atoms with Gasteiger partial charge >= 0.3 is 0 Å². The minimum absolute atomic E-state index is 0.866. The Labute approximate surface area is 384 Å². The lowest BCUT2D eigenvalue weighted by molar-refractivity contribution is 0.631. The maximum absolute atomic E-state index is 6.31. The van der Waals surface area contributed by atoms with Crippen molar-refractivity contribution in [1.29, 1.82) is 0 Å². The highest BCUT2D eigenvalue weighted by Gasteiger charge is 2.19. The predicted octanol–water partition coefficient (Wildman–Crippen LogP) is 18.2. The van der Waals surface area contributed by atoms with E-state index in [4.69, 9.17) is 4.42 Å². The highest BCUT2D eigenvalue weighted by atomic mass is 16.3. The molecular weight excluding hydrogens is 799 g/mol. The Bertz CT molecular complexity index is 3620. The Morgan fingerprint density at radius 1 is 0.258 bits per heavy atom. The predicted molar refractivity (Wildman–Crippen MR) is 279 cm³/mol. The Kier molecular flexibility index (Phi) is 9.89. The molecule has 0 fully saturated rings. The summed E-state index contributed by atoms with van der Waals surface area (Å²) in [5, 5.41) is 5.96. The van der Waals surface area contributed by atoms with Crippen LogP contribution in [0.15, 0.2) is 265 Å². The Hall–Kier alpha value is -8.72. The molecule has 2 heteroatoms. The van der Waals surface area contributed by atoms with Gasteiger partial charge in [-0.1, -0.05) is 212 Å². The van der Waals surface area contributed by atoms with Crippen molar-refractivity contribution < 1.29 is 4.42 Å². The Morgan fingerprint density at radius 3 is 1.36 bits per heavy atom. The van der Waals surface area contributed by atoms with Gasteiger partial charge in [-0.2, -0.15) is 0 Å². The molecule has 66 heavy (non-hydrogen) atoms. The first kappa shape index (κ1) is 38.9. The molecule has 0 aliphatic heterocycles. The van der Waals surface area contributed by atoms with E-state index >= 15 is 0 Å². The fourth-order valence-electron chi connectivity index (χ4n) is 9.53. The highest BCUT2D eigenvalue weighted by Crippen LogP contribution is 2.44. The van der Waals surface area contributed by atoms with Crippen LogP contribution in [-0.2, 0) is 0 Å². The summed E-state index contributed by atoms with van der Waals surface area (Å²) in [7, 11) is 0. The molecule has 0 unspecified atom stereocenters. The molecule has 1 aromatic heterocycles. The van der Waals surface area contributed by atoms with Gasteiger partial charge in [-0.25, -0.2) is 0 Å². The number of anilines is 3. The molecule has 0 radical (unpaired) electrons. The fraction of sp³-hybridized carbons (Fsp3) is 0. The smallest absolute Gasteiger partial charge is 0.135 e. The maximum Gasteiger partial charge on any atom is 0.135 e. The number of furan rings is 1. The number of hydrogen-bond acceptors (Lipinski definition) is 2. The average Bonchev–Trinajstić information content (AvgIpc) is 3.84. The van der Waals surface area contributed by atoms with Crippen LogP contribution >= 0.6 is 0 Å². The van der Waals surface area contributed by atoms with E-state index in [-0.39, 0.29) is 0 Å². The molecule has 0 spiro atoms. The first-order chi connectivity index (χ1) is 32.7. The van der Waals surface area contributed by atoms with E-state index in [0.29, 0.717) is 0 Å². The van der Waals surface area contributed by atoms with Crippen molar-refractivity contribution in [3.05, 3.63) is 261 Å². The summed E-state index contributed by atoms with van der Waals surface area (Å²) >= 11 is 0. The second kappa shape index (κ2) is 16.8. The van der Waals surface area contributed by atoms with Crippen molar-refractivity contribution in [3.63, 3.8) is 0 Å². The molecule has 11 aromatic carbocycles. The summed E-state index contributed by atoms with van der Waals surface area (Å²) in [6, 6.07) is 93.8. The number of nitrogens with zero attached hydrogens (tertiary/aromatic N) is 1. The van der Waals surface area contributed by atoms with Crippen LogP contribution in [0.4, 0.5) is 17.1 Å². The topological polar surface area (TPSA) is 16.4 Å². The van der Waals surface area contributed by atoms with Crippen LogP contribution in [0.2, 0.25) is 0 Å². The Balaban J connectivity index is 0.922. The van der Waals surface area contributed by atoms with Gasteiger partial charge in [-0.15, -0.1) is 0 Å². The van der Waals surface area contributed by atoms with Crippen LogP contribution in [-0.4, -0.2) is 0 Å². The van der Waals surface area contributed by atoms with Crippen molar-refractivity contribution in [2.24, 2.45) is 0 Å². The van der Waals surface area contributed by atoms with Gasteiger partial charge in [-0.05, 0) is 120 Å². The molecule has 12 aromatic rings. The maximum atomic E-state index is 6.31. The van der Waals surface area contributed by atoms with Crippen molar-refractivity contribution in [3.8, 4) is 67.0 Å². The van der Waals surface area contributed by atoms with Gasteiger partial charge in [0.25, 0.3) is 0 Å². The molecule has 0 amide bonds. The normalized spacial score (nSPS) is 11.3. The van der Waals surface area contributed by atoms with Gasteiger partial charge in [0.05, 0.1) is 5.69 Å². The average molecular weight is 842 g/mol. The monoisotopic (exact) mass is 841 g/mol. The SMILES string of the molecule is c1ccc(-c2ccc(-c3ccc(N(c4ccc(-c5ccc(-c6cccc7ccccc67)cc5)cc4)c4ccc(-c5cccc(-c6cc7ccccc7o6)c5)c5ccccc45)cc3)cc2)cc1. The molecule has 2 nitrogen and oxygen atoms in total. The number of fused-ring (bicyclic) bond motifs is 3. The van der Waals surface area contributed by atoms with Gasteiger partial charge in [0, 0.05) is 27.7 Å². The third-order valence-corrected chi connectivity index (χ3v) is 12.9. The largest absolute Gasteiger partial charge is 0.456 e. The molecule has 12 rings (SSSR count). The third kappa shape index (κ3) is 7.31. The first-order valence-corrected chi connectivity index (χ1v) is 22.6. The number of rotatable bonds is 9. The molecule has 0 aliphatic rings. The zero-order valence-corrected chi connectivity index (χ0v) is 36.2. The molecule has 0 N–H and O–H groups in total. The minimum Gasteiger partial charge on any atom is -0.456 e. The van der Waals surface area contributed by atoms with Gasteiger partial charge in [-0.3, -0.25) is 0 Å². The van der Waals surface area contributed by atoms with E-state index in [1.165, 1.54) is 66.2 Å². The summed E-state index contributed by atoms with van der Waals surface area (Å²) in [5.74, 6) is 0.866. The third-order valence-electron chi connectivity index (χ3n) is 12.9. The van der Waals surface area contributed by atoms with Crippen LogP contribution in [0.1, 0.15) is 0 Å². The summed E-state index contributed by atoms with van der Waals surface area (Å²) in [4.78, 5) is 2.40. The molecule has 0 aliphatic carbocycles. The van der Waals surface area contributed by atoms with Crippen molar-refractivity contribution in [2.45, 2.75) is 0 Å². The van der Waals surface area contributed by atoms with E-state index in [1.807, 2.05) is 12.1 Å². The second-order valence-corrected chi connectivity index (χ2v) is 16.9. The van der Waals surface area contributed by atoms with Gasteiger partial charge in [0.1, 0.15) is 11.3 Å². The lowest BCUT2D eigenvalue weighted by Gasteiger charge is -2.28. The van der Waals surface area contributed by atoms with E-state index in [2.05, 4.69) is 254 Å². The fourth-order valence-corrected chi connectivity index (χ4v) is 9.53. The lowest BCUT2D eigenvalue weighted by Crippen LogP contribution is -2.10. The van der Waals surface area contributed by atoms with E-state index in [1.54, 1.807) is 0 Å². The standard InChI is InChI=1S/C64H43NO/c1-2-12-44(13-3-1)45-24-26-46(27-25-45)48-32-36-55(37-33-48)65(56-38-34-49(35-39-56)47-28-30-51(31-29-47)58-22-11-16-50-14-4-6-19-57(50)58)62-41-40-59(60-20-7-8-21-61(60)62)52-17-10-18-53(42-52)64-43-54-15-5-9-23-63(54)66-64/h1-43H. The van der Waals surface area contributed by atoms with Crippen molar-refractivity contribution in [1.82, 2.24) is 0 Å². The first-order valence-electron chi connectivity index (χ1n) is 22.6. The van der Waals surface area contributed by atoms with Gasteiger partial charge in [0.15, 0.2) is 0 Å². The Morgan fingerprint density at radius 2 is 0.712 bits per heavy atom. The van der Waals surface area contributed by atoms with E-state index in [0.717, 1.165) is 50.3 Å². The quantitative estimate of drug-likeness (QED) is 0.144. The summed E-state index contributed by atoms with van der Waals surface area (Å²) in [6.07, 6.45) is 0. The van der Waals surface area contributed by atoms with Gasteiger partial charge < -0.3 is 9.32 Å². The number of benzene rings is 11. The molecule has 0 atom stereocenters. The van der Waals surface area contributed by atoms with Crippen LogP contribution in [0, 0.1) is 0 Å². The van der Waals surface area contributed by atoms with E-state index in [9.17, 15) is 0 Å². The zero-order chi connectivity index (χ0) is 43.8. The highest BCUT2D eigenvalue weighted by molar-refractivity contribution is 6.06. The van der Waals surface area contributed by atoms with Crippen LogP contribution in [0.25, 0.3) is 99.5 Å². The summed E-state index contributed by atoms with van der Waals surface area (Å²) < 4.78 is 6.31. The van der Waals surface area contributed by atoms with Crippen LogP contribution in [0.5, 0.6) is 0 Å². The summed E-state index contributed by atoms with van der Waals surface area (Å²) in [5.41, 5.74) is 17.1. The molecule has 310 valence electrons. The number of hydrogen-bond donors (Lipinski definition) is 0. The summed E-state index contributed by atoms with van der Waals surface area (Å²) in [6.45, 7) is 0. The molecule has 0 saturated heterocycles. The molecule has 1 heterocycles. The van der Waals surface area contributed by atoms with Gasteiger partial charge in [0.2, 0.25) is 0 Å². The minimum atomic E-state index is 0.866. The lowest BCUT2D eigenvalue weighted by atomic mass is 9.94. The van der Waals surface area contributed by atoms with Crippen LogP contribution < -0.4 is 4.90 Å².